The van der Waals surface area contributed by atoms with Crippen LogP contribution in [0, 0.1) is 13.8 Å². The number of pyridine rings is 1. The van der Waals surface area contributed by atoms with Gasteiger partial charge in [0, 0.05) is 16.6 Å². The summed E-state index contributed by atoms with van der Waals surface area (Å²) < 4.78 is 4.81. The number of carbonyl (C=O) groups excluding carboxylic acids is 1. The summed E-state index contributed by atoms with van der Waals surface area (Å²) in [5.41, 5.74) is 4.03. The molecule has 0 bridgehead atoms. The van der Waals surface area contributed by atoms with E-state index in [0.717, 1.165) is 27.8 Å². The Bertz CT molecular complexity index is 970. The number of hydrogen-bond acceptors (Lipinski definition) is 3. The number of fused-ring (bicyclic) bond motifs is 1. The summed E-state index contributed by atoms with van der Waals surface area (Å²) >= 11 is 0. The normalized spacial score (nSPS) is 10.7. The molecular weight excluding hydrogens is 290 g/mol. The number of aromatic nitrogens is 1. The first kappa shape index (κ1) is 15.0. The molecule has 0 amide bonds. The van der Waals surface area contributed by atoms with Crippen LogP contribution in [0.4, 0.5) is 0 Å². The van der Waals surface area contributed by atoms with E-state index in [9.17, 15) is 9.59 Å². The van der Waals surface area contributed by atoms with Gasteiger partial charge >= 0.3 is 5.97 Å². The van der Waals surface area contributed by atoms with Gasteiger partial charge in [0.15, 0.2) is 0 Å². The fraction of sp³-hybridized carbons (Fsp3) is 0.158. The molecule has 1 N–H and O–H groups in total. The summed E-state index contributed by atoms with van der Waals surface area (Å²) in [5, 5.41) is 1.51. The van der Waals surface area contributed by atoms with Gasteiger partial charge in [-0.2, -0.15) is 0 Å². The standard InChI is InChI=1S/C19H17NO3/c1-11-8-9-13(19(22)23-3)10-16(11)17-12(2)20-18(21)15-7-5-4-6-14(15)17/h4-10H,1-3H3,(H,20,21). The van der Waals surface area contributed by atoms with Gasteiger partial charge < -0.3 is 9.72 Å². The van der Waals surface area contributed by atoms with Crippen LogP contribution in [0.3, 0.4) is 0 Å². The quantitative estimate of drug-likeness (QED) is 0.736. The number of hydrogen-bond donors (Lipinski definition) is 1. The van der Waals surface area contributed by atoms with E-state index in [1.807, 2.05) is 44.2 Å². The Morgan fingerprint density at radius 2 is 1.74 bits per heavy atom. The van der Waals surface area contributed by atoms with Gasteiger partial charge in [-0.05, 0) is 48.6 Å². The van der Waals surface area contributed by atoms with Crippen LogP contribution in [0.2, 0.25) is 0 Å². The van der Waals surface area contributed by atoms with Crippen LogP contribution in [-0.4, -0.2) is 18.1 Å². The predicted octanol–water partition coefficient (Wildman–Crippen LogP) is 3.60. The van der Waals surface area contributed by atoms with E-state index >= 15 is 0 Å². The van der Waals surface area contributed by atoms with Crippen LogP contribution in [0.1, 0.15) is 21.6 Å². The van der Waals surface area contributed by atoms with Crippen molar-refractivity contribution >= 4 is 16.7 Å². The van der Waals surface area contributed by atoms with E-state index in [-0.39, 0.29) is 11.5 Å². The highest BCUT2D eigenvalue weighted by molar-refractivity contribution is 5.99. The van der Waals surface area contributed by atoms with E-state index in [4.69, 9.17) is 4.74 Å². The molecule has 0 unspecified atom stereocenters. The Balaban J connectivity index is 2.37. The molecule has 0 saturated heterocycles. The molecule has 1 heterocycles. The molecule has 0 atom stereocenters. The lowest BCUT2D eigenvalue weighted by atomic mass is 9.93. The third kappa shape index (κ3) is 2.52. The molecule has 0 aliphatic heterocycles. The van der Waals surface area contributed by atoms with Crippen molar-refractivity contribution in [1.82, 2.24) is 4.98 Å². The number of aryl methyl sites for hydroxylation is 2. The maximum absolute atomic E-state index is 12.2. The number of aromatic amines is 1. The minimum absolute atomic E-state index is 0.108. The highest BCUT2D eigenvalue weighted by atomic mass is 16.5. The van der Waals surface area contributed by atoms with Gasteiger partial charge in [-0.15, -0.1) is 0 Å². The summed E-state index contributed by atoms with van der Waals surface area (Å²) in [6.07, 6.45) is 0. The largest absolute Gasteiger partial charge is 0.465 e. The third-order valence-electron chi connectivity index (χ3n) is 4.05. The molecule has 1 aromatic heterocycles. The topological polar surface area (TPSA) is 59.2 Å². The van der Waals surface area contributed by atoms with Crippen LogP contribution >= 0.6 is 0 Å². The van der Waals surface area contributed by atoms with Crippen molar-refractivity contribution in [2.24, 2.45) is 0 Å². The van der Waals surface area contributed by atoms with E-state index in [2.05, 4.69) is 4.98 Å². The first-order valence-electron chi connectivity index (χ1n) is 7.34. The van der Waals surface area contributed by atoms with Crippen molar-refractivity contribution in [3.63, 3.8) is 0 Å². The molecule has 0 aliphatic carbocycles. The van der Waals surface area contributed by atoms with Crippen molar-refractivity contribution < 1.29 is 9.53 Å². The number of esters is 1. The molecule has 0 aliphatic rings. The molecular formula is C19H17NO3. The van der Waals surface area contributed by atoms with E-state index in [1.165, 1.54) is 7.11 Å². The van der Waals surface area contributed by atoms with Crippen LogP contribution in [0.15, 0.2) is 47.3 Å². The lowest BCUT2D eigenvalue weighted by molar-refractivity contribution is 0.0601. The van der Waals surface area contributed by atoms with Crippen molar-refractivity contribution in [2.75, 3.05) is 7.11 Å². The monoisotopic (exact) mass is 307 g/mol. The average Bonchev–Trinajstić information content (AvgIpc) is 2.55. The van der Waals surface area contributed by atoms with Gasteiger partial charge in [0.1, 0.15) is 0 Å². The summed E-state index contributed by atoms with van der Waals surface area (Å²) in [6, 6.07) is 12.9. The lowest BCUT2D eigenvalue weighted by Gasteiger charge is -2.14. The molecule has 2 aromatic carbocycles. The number of H-pyrrole nitrogens is 1. The molecule has 3 aromatic rings. The Morgan fingerprint density at radius 1 is 1.04 bits per heavy atom. The summed E-state index contributed by atoms with van der Waals surface area (Å²) in [4.78, 5) is 26.9. The molecule has 0 radical (unpaired) electrons. The molecule has 23 heavy (non-hydrogen) atoms. The molecule has 4 nitrogen and oxygen atoms in total. The Hall–Kier alpha value is -2.88. The fourth-order valence-corrected chi connectivity index (χ4v) is 2.88. The molecule has 116 valence electrons. The maximum atomic E-state index is 12.2. The number of rotatable bonds is 2. The second-order valence-electron chi connectivity index (χ2n) is 5.52. The van der Waals surface area contributed by atoms with Gasteiger partial charge in [-0.1, -0.05) is 24.3 Å². The number of methoxy groups -OCH3 is 1. The van der Waals surface area contributed by atoms with Crippen molar-refractivity contribution in [2.45, 2.75) is 13.8 Å². The number of carbonyl (C=O) groups is 1. The van der Waals surface area contributed by atoms with Gasteiger partial charge in [0.2, 0.25) is 0 Å². The van der Waals surface area contributed by atoms with Crippen LogP contribution in [-0.2, 0) is 4.74 Å². The highest BCUT2D eigenvalue weighted by Gasteiger charge is 2.15. The van der Waals surface area contributed by atoms with Crippen molar-refractivity contribution in [3.05, 3.63) is 69.6 Å². The molecule has 3 rings (SSSR count). The summed E-state index contributed by atoms with van der Waals surface area (Å²) in [5.74, 6) is -0.377. The fourth-order valence-electron chi connectivity index (χ4n) is 2.88. The minimum atomic E-state index is -0.377. The molecule has 0 spiro atoms. The Labute approximate surface area is 133 Å². The Kier molecular flexibility index (Phi) is 3.74. The average molecular weight is 307 g/mol. The molecule has 4 heteroatoms. The molecule has 0 saturated carbocycles. The number of ether oxygens (including phenoxy) is 1. The van der Waals surface area contributed by atoms with Crippen LogP contribution < -0.4 is 5.56 Å². The van der Waals surface area contributed by atoms with E-state index in [0.29, 0.717) is 10.9 Å². The van der Waals surface area contributed by atoms with Gasteiger partial charge in [-0.25, -0.2) is 4.79 Å². The predicted molar refractivity (Wildman–Crippen MR) is 90.8 cm³/mol. The minimum Gasteiger partial charge on any atom is -0.465 e. The SMILES string of the molecule is COC(=O)c1ccc(C)c(-c2c(C)[nH]c(=O)c3ccccc23)c1. The smallest absolute Gasteiger partial charge is 0.337 e. The van der Waals surface area contributed by atoms with E-state index < -0.39 is 0 Å². The maximum Gasteiger partial charge on any atom is 0.337 e. The lowest BCUT2D eigenvalue weighted by Crippen LogP contribution is -2.10. The van der Waals surface area contributed by atoms with Crippen LogP contribution in [0.5, 0.6) is 0 Å². The first-order chi connectivity index (χ1) is 11.0. The Morgan fingerprint density at radius 3 is 2.43 bits per heavy atom. The number of benzene rings is 2. The van der Waals surface area contributed by atoms with E-state index in [1.54, 1.807) is 12.1 Å². The first-order valence-corrected chi connectivity index (χ1v) is 7.34. The second-order valence-corrected chi connectivity index (χ2v) is 5.52. The third-order valence-corrected chi connectivity index (χ3v) is 4.05. The second kappa shape index (κ2) is 5.72. The van der Waals surface area contributed by atoms with Crippen molar-refractivity contribution in [1.29, 1.82) is 0 Å². The number of nitrogens with one attached hydrogen (secondary N) is 1. The zero-order valence-electron chi connectivity index (χ0n) is 13.3. The zero-order chi connectivity index (χ0) is 16.6. The van der Waals surface area contributed by atoms with Gasteiger partial charge in [0.05, 0.1) is 12.7 Å². The molecule has 0 fully saturated rings. The summed E-state index contributed by atoms with van der Waals surface area (Å²) in [7, 11) is 1.36. The van der Waals surface area contributed by atoms with Gasteiger partial charge in [0.25, 0.3) is 5.56 Å². The van der Waals surface area contributed by atoms with Crippen molar-refractivity contribution in [3.8, 4) is 11.1 Å². The highest BCUT2D eigenvalue weighted by Crippen LogP contribution is 2.32. The zero-order valence-corrected chi connectivity index (χ0v) is 13.3. The van der Waals surface area contributed by atoms with Crippen LogP contribution in [0.25, 0.3) is 21.9 Å². The summed E-state index contributed by atoms with van der Waals surface area (Å²) in [6.45, 7) is 3.85. The van der Waals surface area contributed by atoms with Gasteiger partial charge in [-0.3, -0.25) is 4.79 Å².